The highest BCUT2D eigenvalue weighted by atomic mass is 16.5. The number of carbonyl (C=O) groups is 1. The Balaban J connectivity index is 1.42. The first-order chi connectivity index (χ1) is 15.7. The smallest absolute Gasteiger partial charge is 0.226 e. The van der Waals surface area contributed by atoms with E-state index >= 15 is 0 Å². The Morgan fingerprint density at radius 2 is 1.75 bits per heavy atom. The number of rotatable bonds is 6. The van der Waals surface area contributed by atoms with Gasteiger partial charge in [0.25, 0.3) is 0 Å². The second kappa shape index (κ2) is 9.15. The number of amides is 1. The van der Waals surface area contributed by atoms with Crippen LogP contribution in [0.2, 0.25) is 0 Å². The molecule has 0 radical (unpaired) electrons. The SMILES string of the molecule is Cc1onc(-c2ccccc2)c1CN(CC1CC=CCC1)C(=O)C1Cc2ccccc2C1. The molecule has 0 aliphatic heterocycles. The van der Waals surface area contributed by atoms with Crippen molar-refractivity contribution in [2.45, 2.75) is 45.6 Å². The molecule has 2 aromatic carbocycles. The zero-order valence-corrected chi connectivity index (χ0v) is 18.7. The van der Waals surface area contributed by atoms with Gasteiger partial charge in [-0.15, -0.1) is 0 Å². The fourth-order valence-corrected chi connectivity index (χ4v) is 5.15. The summed E-state index contributed by atoms with van der Waals surface area (Å²) in [7, 11) is 0. The Morgan fingerprint density at radius 1 is 1.03 bits per heavy atom. The lowest BCUT2D eigenvalue weighted by atomic mass is 9.92. The van der Waals surface area contributed by atoms with Crippen LogP contribution >= 0.6 is 0 Å². The fraction of sp³-hybridized carbons (Fsp3) is 0.357. The minimum absolute atomic E-state index is 0.0203. The van der Waals surface area contributed by atoms with Crippen LogP contribution in [0.1, 0.15) is 41.7 Å². The molecular formula is C28H30N2O2. The number of benzene rings is 2. The van der Waals surface area contributed by atoms with Crippen LogP contribution in [0.15, 0.2) is 71.3 Å². The standard InChI is InChI=1S/C28H30N2O2/c1-20-26(27(29-32-20)22-12-6-3-7-13-22)19-30(18-21-10-4-2-5-11-21)28(31)25-16-23-14-8-9-15-24(23)17-25/h2-4,6-9,12-15,21,25H,5,10-11,16-19H2,1H3. The van der Waals surface area contributed by atoms with E-state index in [-0.39, 0.29) is 11.8 Å². The topological polar surface area (TPSA) is 46.3 Å². The predicted molar refractivity (Wildman–Crippen MR) is 126 cm³/mol. The number of aromatic nitrogens is 1. The molecule has 3 aromatic rings. The summed E-state index contributed by atoms with van der Waals surface area (Å²) in [4.78, 5) is 15.9. The van der Waals surface area contributed by atoms with Crippen molar-refractivity contribution in [3.8, 4) is 11.3 Å². The molecule has 1 heterocycles. The third-order valence-electron chi connectivity index (χ3n) is 6.95. The normalized spacial score (nSPS) is 18.0. The summed E-state index contributed by atoms with van der Waals surface area (Å²) in [5.74, 6) is 1.58. The molecule has 4 heteroatoms. The lowest BCUT2D eigenvalue weighted by Gasteiger charge is -2.30. The Labute approximate surface area is 189 Å². The van der Waals surface area contributed by atoms with E-state index in [4.69, 9.17) is 4.52 Å². The van der Waals surface area contributed by atoms with E-state index in [1.807, 2.05) is 37.3 Å². The highest BCUT2D eigenvalue weighted by molar-refractivity contribution is 5.81. The molecule has 4 nitrogen and oxygen atoms in total. The molecule has 1 unspecified atom stereocenters. The summed E-state index contributed by atoms with van der Waals surface area (Å²) in [6, 6.07) is 18.6. The van der Waals surface area contributed by atoms with Gasteiger partial charge in [-0.2, -0.15) is 0 Å². The second-order valence-corrected chi connectivity index (χ2v) is 9.18. The number of hydrogen-bond acceptors (Lipinski definition) is 3. The minimum atomic E-state index is 0.0203. The van der Waals surface area contributed by atoms with Crippen molar-refractivity contribution in [3.63, 3.8) is 0 Å². The predicted octanol–water partition coefficient (Wildman–Crippen LogP) is 5.75. The molecule has 32 heavy (non-hydrogen) atoms. The minimum Gasteiger partial charge on any atom is -0.361 e. The summed E-state index contributed by atoms with van der Waals surface area (Å²) in [5.41, 5.74) is 5.53. The van der Waals surface area contributed by atoms with Crippen molar-refractivity contribution in [2.75, 3.05) is 6.54 Å². The lowest BCUT2D eigenvalue weighted by molar-refractivity contribution is -0.136. The summed E-state index contributed by atoms with van der Waals surface area (Å²) < 4.78 is 5.60. The lowest BCUT2D eigenvalue weighted by Crippen LogP contribution is -2.39. The molecular weight excluding hydrogens is 396 g/mol. The van der Waals surface area contributed by atoms with E-state index in [1.54, 1.807) is 0 Å². The summed E-state index contributed by atoms with van der Waals surface area (Å²) >= 11 is 0. The van der Waals surface area contributed by atoms with Gasteiger partial charge >= 0.3 is 0 Å². The quantitative estimate of drug-likeness (QED) is 0.472. The molecule has 0 N–H and O–H groups in total. The number of aryl methyl sites for hydroxylation is 1. The van der Waals surface area contributed by atoms with Gasteiger partial charge in [0.15, 0.2) is 0 Å². The van der Waals surface area contributed by atoms with Gasteiger partial charge in [0, 0.05) is 23.6 Å². The molecule has 2 aliphatic carbocycles. The van der Waals surface area contributed by atoms with Crippen LogP contribution in [0.25, 0.3) is 11.3 Å². The van der Waals surface area contributed by atoms with Crippen molar-refractivity contribution in [1.82, 2.24) is 10.1 Å². The second-order valence-electron chi connectivity index (χ2n) is 9.18. The Morgan fingerprint density at radius 3 is 2.44 bits per heavy atom. The van der Waals surface area contributed by atoms with Gasteiger partial charge in [0.1, 0.15) is 11.5 Å². The van der Waals surface area contributed by atoms with E-state index in [9.17, 15) is 4.79 Å². The van der Waals surface area contributed by atoms with Gasteiger partial charge in [-0.1, -0.05) is 71.9 Å². The van der Waals surface area contributed by atoms with Crippen LogP contribution in [-0.4, -0.2) is 22.5 Å². The van der Waals surface area contributed by atoms with Gasteiger partial charge in [-0.25, -0.2) is 0 Å². The molecule has 1 atom stereocenters. The Hall–Kier alpha value is -3.14. The van der Waals surface area contributed by atoms with E-state index < -0.39 is 0 Å². The van der Waals surface area contributed by atoms with E-state index in [0.717, 1.165) is 61.2 Å². The third kappa shape index (κ3) is 4.27. The summed E-state index contributed by atoms with van der Waals surface area (Å²) in [6.07, 6.45) is 9.48. The zero-order chi connectivity index (χ0) is 21.9. The largest absolute Gasteiger partial charge is 0.361 e. The summed E-state index contributed by atoms with van der Waals surface area (Å²) in [6.45, 7) is 3.28. The van der Waals surface area contributed by atoms with Crippen LogP contribution in [0.3, 0.4) is 0 Å². The fourth-order valence-electron chi connectivity index (χ4n) is 5.15. The molecule has 1 aromatic heterocycles. The van der Waals surface area contributed by atoms with E-state index in [0.29, 0.717) is 12.5 Å². The van der Waals surface area contributed by atoms with Crippen LogP contribution in [0, 0.1) is 18.8 Å². The van der Waals surface area contributed by atoms with Crippen LogP contribution < -0.4 is 0 Å². The number of fused-ring (bicyclic) bond motifs is 1. The van der Waals surface area contributed by atoms with Crippen LogP contribution in [0.4, 0.5) is 0 Å². The average molecular weight is 427 g/mol. The van der Waals surface area contributed by atoms with E-state index in [2.05, 4.69) is 46.5 Å². The highest BCUT2D eigenvalue weighted by Gasteiger charge is 2.32. The monoisotopic (exact) mass is 426 g/mol. The maximum Gasteiger partial charge on any atom is 0.226 e. The van der Waals surface area contributed by atoms with Gasteiger partial charge in [-0.3, -0.25) is 4.79 Å². The van der Waals surface area contributed by atoms with Crippen molar-refractivity contribution in [3.05, 3.63) is 89.2 Å². The number of hydrogen-bond donors (Lipinski definition) is 0. The van der Waals surface area contributed by atoms with Gasteiger partial charge < -0.3 is 9.42 Å². The van der Waals surface area contributed by atoms with Crippen LogP contribution in [0.5, 0.6) is 0 Å². The number of allylic oxidation sites excluding steroid dienone is 2. The maximum atomic E-state index is 13.8. The molecule has 1 amide bonds. The van der Waals surface area contributed by atoms with Gasteiger partial charge in [0.2, 0.25) is 5.91 Å². The van der Waals surface area contributed by atoms with Crippen molar-refractivity contribution >= 4 is 5.91 Å². The number of nitrogens with zero attached hydrogens (tertiary/aromatic N) is 2. The average Bonchev–Trinajstić information content (AvgIpc) is 3.43. The molecule has 0 saturated carbocycles. The first-order valence-corrected chi connectivity index (χ1v) is 11.7. The van der Waals surface area contributed by atoms with Gasteiger partial charge in [0.05, 0.1) is 6.54 Å². The van der Waals surface area contributed by atoms with Crippen molar-refractivity contribution in [2.24, 2.45) is 11.8 Å². The maximum absolute atomic E-state index is 13.8. The molecule has 0 fully saturated rings. The first-order valence-electron chi connectivity index (χ1n) is 11.7. The van der Waals surface area contributed by atoms with Crippen molar-refractivity contribution < 1.29 is 9.32 Å². The van der Waals surface area contributed by atoms with E-state index in [1.165, 1.54) is 11.1 Å². The third-order valence-corrected chi connectivity index (χ3v) is 6.95. The first kappa shape index (κ1) is 20.7. The molecule has 2 aliphatic rings. The molecule has 0 saturated heterocycles. The van der Waals surface area contributed by atoms with Crippen molar-refractivity contribution in [1.29, 1.82) is 0 Å². The molecule has 5 rings (SSSR count). The number of carbonyl (C=O) groups excluding carboxylic acids is 1. The molecule has 0 bridgehead atoms. The molecule has 164 valence electrons. The Kier molecular flexibility index (Phi) is 5.93. The molecule has 0 spiro atoms. The Bertz CT molecular complexity index is 1090. The van der Waals surface area contributed by atoms with Crippen LogP contribution in [-0.2, 0) is 24.2 Å². The van der Waals surface area contributed by atoms with Gasteiger partial charge in [-0.05, 0) is 56.1 Å². The zero-order valence-electron chi connectivity index (χ0n) is 18.7. The highest BCUT2D eigenvalue weighted by Crippen LogP contribution is 2.32. The summed E-state index contributed by atoms with van der Waals surface area (Å²) in [5, 5.41) is 4.35.